The number of aliphatic hydroxyl groups is 1. The number of β-amino-alcohol motifs (C(OH)–C–C–N with tert-alkyl or cyclic N) is 1. The number of carbonyl (C=O) groups is 2. The van der Waals surface area contributed by atoms with Crippen LogP contribution in [0.2, 0.25) is 0 Å². The van der Waals surface area contributed by atoms with Crippen molar-refractivity contribution >= 4 is 11.8 Å². The van der Waals surface area contributed by atoms with E-state index in [1.54, 1.807) is 36.4 Å². The van der Waals surface area contributed by atoms with E-state index in [-0.39, 0.29) is 13.2 Å². The predicted octanol–water partition coefficient (Wildman–Crippen LogP) is 1.26. The average Bonchev–Trinajstić information content (AvgIpc) is 2.94. The van der Waals surface area contributed by atoms with Gasteiger partial charge in [0.1, 0.15) is 5.92 Å². The molecule has 2 amide bonds. The van der Waals surface area contributed by atoms with Gasteiger partial charge in [0.05, 0.1) is 19.1 Å². The van der Waals surface area contributed by atoms with E-state index in [9.17, 15) is 24.8 Å². The highest BCUT2D eigenvalue weighted by Crippen LogP contribution is 2.64. The van der Waals surface area contributed by atoms with Gasteiger partial charge in [-0.15, -0.1) is 0 Å². The molecular formula is C20H16N2O5. The molecule has 0 unspecified atom stereocenters. The molecule has 0 radical (unpaired) electrons. The molecule has 2 aromatic rings. The van der Waals surface area contributed by atoms with Crippen LogP contribution in [0.1, 0.15) is 28.2 Å². The Hall–Kier alpha value is -3.06. The molecular weight excluding hydrogens is 348 g/mol. The van der Waals surface area contributed by atoms with Gasteiger partial charge in [-0.2, -0.15) is 0 Å². The molecule has 2 atom stereocenters. The molecule has 0 saturated carbocycles. The van der Waals surface area contributed by atoms with Crippen LogP contribution in [0.4, 0.5) is 0 Å². The second-order valence-corrected chi connectivity index (χ2v) is 7.23. The molecule has 1 N–H and O–H groups in total. The van der Waals surface area contributed by atoms with Crippen molar-refractivity contribution in [3.05, 3.63) is 80.9 Å². The van der Waals surface area contributed by atoms with E-state index in [1.807, 2.05) is 12.1 Å². The first-order chi connectivity index (χ1) is 13.0. The van der Waals surface area contributed by atoms with Gasteiger partial charge >= 0.3 is 0 Å². The van der Waals surface area contributed by atoms with E-state index in [0.717, 1.165) is 16.0 Å². The van der Waals surface area contributed by atoms with Crippen molar-refractivity contribution < 1.29 is 19.6 Å². The van der Waals surface area contributed by atoms with Gasteiger partial charge in [-0.05, 0) is 11.1 Å². The minimum atomic E-state index is -1.79. The summed E-state index contributed by atoms with van der Waals surface area (Å²) < 4.78 is 0. The van der Waals surface area contributed by atoms with Crippen LogP contribution in [0.25, 0.3) is 0 Å². The highest BCUT2D eigenvalue weighted by molar-refractivity contribution is 6.08. The third-order valence-electron chi connectivity index (χ3n) is 6.28. The lowest BCUT2D eigenvalue weighted by Crippen LogP contribution is -2.57. The fraction of sp³-hybridized carbons (Fsp3) is 0.300. The molecule has 1 fully saturated rings. The number of nitrogens with zero attached hydrogens (tertiary/aromatic N) is 2. The Labute approximate surface area is 154 Å². The first kappa shape index (κ1) is 16.1. The lowest BCUT2D eigenvalue weighted by molar-refractivity contribution is -0.578. The Kier molecular flexibility index (Phi) is 3.13. The highest BCUT2D eigenvalue weighted by Gasteiger charge is 2.74. The number of carbonyl (C=O) groups excluding carboxylic acids is 2. The predicted molar refractivity (Wildman–Crippen MR) is 93.3 cm³/mol. The van der Waals surface area contributed by atoms with Crippen molar-refractivity contribution in [2.75, 3.05) is 13.2 Å². The molecule has 1 heterocycles. The summed E-state index contributed by atoms with van der Waals surface area (Å²) in [5.74, 6) is -3.31. The van der Waals surface area contributed by atoms with Crippen LogP contribution in [-0.4, -0.2) is 39.9 Å². The zero-order chi connectivity index (χ0) is 18.9. The van der Waals surface area contributed by atoms with Crippen molar-refractivity contribution in [2.45, 2.75) is 11.5 Å². The van der Waals surface area contributed by atoms with E-state index in [0.29, 0.717) is 11.1 Å². The molecule has 7 nitrogen and oxygen atoms in total. The summed E-state index contributed by atoms with van der Waals surface area (Å²) >= 11 is 0. The smallest absolute Gasteiger partial charge is 0.284 e. The normalized spacial score (nSPS) is 30.1. The Morgan fingerprint density at radius 1 is 1.00 bits per heavy atom. The second kappa shape index (κ2) is 5.23. The number of hydrogen-bond donors (Lipinski definition) is 1. The van der Waals surface area contributed by atoms with E-state index < -0.39 is 40.0 Å². The summed E-state index contributed by atoms with van der Waals surface area (Å²) in [6.07, 6.45) is 0. The lowest BCUT2D eigenvalue weighted by atomic mass is 9.51. The van der Waals surface area contributed by atoms with Crippen LogP contribution in [0.5, 0.6) is 0 Å². The number of likely N-dealkylation sites (tertiary alicyclic amines) is 1. The summed E-state index contributed by atoms with van der Waals surface area (Å²) in [7, 11) is 0. The van der Waals surface area contributed by atoms with Crippen LogP contribution in [0, 0.1) is 22.0 Å². The van der Waals surface area contributed by atoms with Gasteiger partial charge in [0.15, 0.2) is 0 Å². The molecule has 0 spiro atoms. The quantitative estimate of drug-likeness (QED) is 0.502. The topological polar surface area (TPSA) is 101 Å². The van der Waals surface area contributed by atoms with Crippen LogP contribution < -0.4 is 0 Å². The summed E-state index contributed by atoms with van der Waals surface area (Å²) in [6, 6.07) is 14.1. The van der Waals surface area contributed by atoms with E-state index in [4.69, 9.17) is 0 Å². The van der Waals surface area contributed by atoms with Crippen LogP contribution >= 0.6 is 0 Å². The van der Waals surface area contributed by atoms with Crippen LogP contribution in [0.3, 0.4) is 0 Å². The molecule has 1 saturated heterocycles. The van der Waals surface area contributed by atoms with Gasteiger partial charge in [0.25, 0.3) is 5.54 Å². The number of amides is 2. The van der Waals surface area contributed by atoms with Crippen LogP contribution in [-0.2, 0) is 15.1 Å². The van der Waals surface area contributed by atoms with Crippen molar-refractivity contribution in [1.29, 1.82) is 0 Å². The second-order valence-electron chi connectivity index (χ2n) is 7.23. The molecule has 4 aliphatic rings. The van der Waals surface area contributed by atoms with Crippen molar-refractivity contribution in [3.63, 3.8) is 0 Å². The van der Waals surface area contributed by atoms with Gasteiger partial charge in [-0.3, -0.25) is 24.6 Å². The summed E-state index contributed by atoms with van der Waals surface area (Å²) in [5, 5.41) is 21.9. The standard InChI is InChI=1S/C20H16N2O5/c23-10-9-21-18(24)16-15-11-5-1-3-7-13(11)20(22(26)27,17(16)19(21)25)14-8-4-2-6-12(14)15/h1-8,15-17,23H,9-10H2/t15?,16-,17-,20?/m0/s1. The first-order valence-electron chi connectivity index (χ1n) is 8.84. The summed E-state index contributed by atoms with van der Waals surface area (Å²) in [4.78, 5) is 39.4. The third-order valence-corrected chi connectivity index (χ3v) is 6.28. The third kappa shape index (κ3) is 1.66. The lowest BCUT2D eigenvalue weighted by Gasteiger charge is -2.48. The van der Waals surface area contributed by atoms with Gasteiger partial charge in [-0.1, -0.05) is 48.5 Å². The monoisotopic (exact) mass is 364 g/mol. The Balaban J connectivity index is 1.89. The first-order valence-corrected chi connectivity index (χ1v) is 8.84. The van der Waals surface area contributed by atoms with E-state index in [2.05, 4.69) is 0 Å². The maximum Gasteiger partial charge on any atom is 0.284 e. The Morgan fingerprint density at radius 2 is 1.56 bits per heavy atom. The fourth-order valence-electron chi connectivity index (χ4n) is 5.42. The molecule has 136 valence electrons. The Bertz CT molecular complexity index is 969. The molecule has 2 aromatic carbocycles. The summed E-state index contributed by atoms with van der Waals surface area (Å²) in [6.45, 7) is -0.509. The van der Waals surface area contributed by atoms with Crippen LogP contribution in [0.15, 0.2) is 48.5 Å². The fourth-order valence-corrected chi connectivity index (χ4v) is 5.42. The number of nitro groups is 1. The minimum absolute atomic E-state index is 0.141. The van der Waals surface area contributed by atoms with E-state index in [1.165, 1.54) is 0 Å². The zero-order valence-electron chi connectivity index (χ0n) is 14.2. The molecule has 0 aromatic heterocycles. The number of imide groups is 1. The van der Waals surface area contributed by atoms with Gasteiger partial charge in [0, 0.05) is 22.0 Å². The molecule has 7 heteroatoms. The molecule has 1 aliphatic heterocycles. The summed E-state index contributed by atoms with van der Waals surface area (Å²) in [5.41, 5.74) is 0.671. The van der Waals surface area contributed by atoms with Crippen molar-refractivity contribution in [3.8, 4) is 0 Å². The largest absolute Gasteiger partial charge is 0.395 e. The molecule has 3 aliphatic carbocycles. The SMILES string of the molecule is O=C1[C@@H]2[C@@H](C(=O)N1CCO)C1c3ccccc3C2([N+](=O)[O-])c2ccccc21. The molecule has 2 bridgehead atoms. The molecule has 27 heavy (non-hydrogen) atoms. The molecule has 6 rings (SSSR count). The minimum Gasteiger partial charge on any atom is -0.395 e. The highest BCUT2D eigenvalue weighted by atomic mass is 16.6. The van der Waals surface area contributed by atoms with Gasteiger partial charge < -0.3 is 5.11 Å². The average molecular weight is 364 g/mol. The van der Waals surface area contributed by atoms with Crippen molar-refractivity contribution in [1.82, 2.24) is 4.90 Å². The number of benzene rings is 2. The number of rotatable bonds is 3. The maximum absolute atomic E-state index is 13.1. The van der Waals surface area contributed by atoms with Crippen molar-refractivity contribution in [2.24, 2.45) is 11.8 Å². The van der Waals surface area contributed by atoms with E-state index >= 15 is 0 Å². The zero-order valence-corrected chi connectivity index (χ0v) is 14.2. The number of aliphatic hydroxyl groups excluding tert-OH is 1. The Morgan fingerprint density at radius 3 is 2.07 bits per heavy atom. The van der Waals surface area contributed by atoms with Gasteiger partial charge in [-0.25, -0.2) is 0 Å². The number of hydrogen-bond acceptors (Lipinski definition) is 5. The maximum atomic E-state index is 13.1. The van der Waals surface area contributed by atoms with Gasteiger partial charge in [0.2, 0.25) is 11.8 Å².